The molecule has 0 saturated carbocycles. The number of aliphatic hydroxyl groups excluding tert-OH is 1. The van der Waals surface area contributed by atoms with Gasteiger partial charge in [0.15, 0.2) is 0 Å². The van der Waals surface area contributed by atoms with Gasteiger partial charge in [-0.25, -0.2) is 0 Å². The van der Waals surface area contributed by atoms with E-state index in [1.165, 1.54) is 24.0 Å². The molecule has 1 aliphatic heterocycles. The van der Waals surface area contributed by atoms with Crippen LogP contribution in [0.4, 0.5) is 0 Å². The normalized spacial score (nSPS) is 20.1. The number of nitrogens with one attached hydrogen (secondary N) is 1. The summed E-state index contributed by atoms with van der Waals surface area (Å²) in [6.45, 7) is 8.84. The van der Waals surface area contributed by atoms with Gasteiger partial charge in [0, 0.05) is 25.7 Å². The van der Waals surface area contributed by atoms with Crippen LogP contribution < -0.4 is 5.32 Å². The van der Waals surface area contributed by atoms with Crippen LogP contribution in [-0.4, -0.2) is 42.3 Å². The summed E-state index contributed by atoms with van der Waals surface area (Å²) in [6.07, 6.45) is 3.68. The van der Waals surface area contributed by atoms with Crippen LogP contribution in [0.1, 0.15) is 50.2 Å². The molecule has 2 rings (SSSR count). The van der Waals surface area contributed by atoms with Gasteiger partial charge in [0.1, 0.15) is 0 Å². The summed E-state index contributed by atoms with van der Waals surface area (Å²) in [5, 5.41) is 12.9. The molecule has 0 bridgehead atoms. The lowest BCUT2D eigenvalue weighted by molar-refractivity contribution is 0.0910. The lowest BCUT2D eigenvalue weighted by Crippen LogP contribution is -2.44. The van der Waals surface area contributed by atoms with Crippen LogP contribution in [0.5, 0.6) is 0 Å². The number of nitrogens with zero attached hydrogens (tertiary/aromatic N) is 1. The van der Waals surface area contributed by atoms with Gasteiger partial charge >= 0.3 is 0 Å². The largest absolute Gasteiger partial charge is 0.395 e. The first kappa shape index (κ1) is 16.5. The smallest absolute Gasteiger partial charge is 0.0586 e. The van der Waals surface area contributed by atoms with Crippen molar-refractivity contribution in [3.05, 3.63) is 35.4 Å². The molecule has 1 fully saturated rings. The van der Waals surface area contributed by atoms with Crippen LogP contribution in [0.25, 0.3) is 0 Å². The highest BCUT2D eigenvalue weighted by atomic mass is 16.3. The van der Waals surface area contributed by atoms with Crippen LogP contribution in [0, 0.1) is 0 Å². The molecule has 0 aromatic heterocycles. The summed E-state index contributed by atoms with van der Waals surface area (Å²) in [4.78, 5) is 2.43. The first-order valence-corrected chi connectivity index (χ1v) is 8.35. The van der Waals surface area contributed by atoms with Crippen LogP contribution in [0.2, 0.25) is 0 Å². The van der Waals surface area contributed by atoms with Crippen LogP contribution in [-0.2, 0) is 6.54 Å². The second-order valence-corrected chi connectivity index (χ2v) is 6.44. The number of piperidine rings is 1. The molecule has 0 radical (unpaired) electrons. The molecular weight excluding hydrogens is 260 g/mol. The van der Waals surface area contributed by atoms with E-state index in [-0.39, 0.29) is 0 Å². The average Bonchev–Trinajstić information content (AvgIpc) is 2.52. The Balaban J connectivity index is 1.69. The van der Waals surface area contributed by atoms with Crippen molar-refractivity contribution in [2.45, 2.75) is 51.6 Å². The highest BCUT2D eigenvalue weighted by Gasteiger charge is 2.20. The van der Waals surface area contributed by atoms with Crippen LogP contribution in [0.15, 0.2) is 24.3 Å². The Morgan fingerprint density at radius 1 is 1.24 bits per heavy atom. The van der Waals surface area contributed by atoms with E-state index in [1.54, 1.807) is 0 Å². The Kier molecular flexibility index (Phi) is 6.68. The summed E-state index contributed by atoms with van der Waals surface area (Å²) in [6, 6.07) is 9.28. The van der Waals surface area contributed by atoms with Crippen molar-refractivity contribution in [3.63, 3.8) is 0 Å². The maximum Gasteiger partial charge on any atom is 0.0586 e. The van der Waals surface area contributed by atoms with Gasteiger partial charge in [-0.15, -0.1) is 0 Å². The number of hydrogen-bond donors (Lipinski definition) is 2. The van der Waals surface area contributed by atoms with Crippen LogP contribution in [0.3, 0.4) is 0 Å². The zero-order valence-corrected chi connectivity index (χ0v) is 13.5. The predicted octanol–water partition coefficient (Wildman–Crippen LogP) is 2.75. The van der Waals surface area contributed by atoms with Gasteiger partial charge in [0.2, 0.25) is 0 Å². The summed E-state index contributed by atoms with van der Waals surface area (Å²) in [5.41, 5.74) is 2.75. The monoisotopic (exact) mass is 290 g/mol. The van der Waals surface area contributed by atoms with E-state index < -0.39 is 0 Å². The molecule has 118 valence electrons. The third-order valence-corrected chi connectivity index (χ3v) is 4.51. The third-order valence-electron chi connectivity index (χ3n) is 4.51. The molecule has 1 atom stereocenters. The van der Waals surface area contributed by atoms with Crippen molar-refractivity contribution in [2.24, 2.45) is 0 Å². The minimum absolute atomic E-state index is 0.302. The quantitative estimate of drug-likeness (QED) is 0.758. The fourth-order valence-electron chi connectivity index (χ4n) is 3.04. The number of benzene rings is 1. The molecule has 1 saturated heterocycles. The first-order chi connectivity index (χ1) is 10.2. The van der Waals surface area contributed by atoms with E-state index in [0.29, 0.717) is 18.6 Å². The fourth-order valence-corrected chi connectivity index (χ4v) is 3.04. The molecular formula is C18H30N2O. The number of aliphatic hydroxyl groups is 1. The van der Waals surface area contributed by atoms with Crippen LogP contribution >= 0.6 is 0 Å². The maximum atomic E-state index is 9.40. The standard InChI is InChI=1S/C18H30N2O/c1-15(2)17-8-6-16(7-9-17)13-19-10-12-20-11-4-3-5-18(20)14-21/h6-9,15,18-19,21H,3-5,10-14H2,1-2H3. The fraction of sp³-hybridized carbons (Fsp3) is 0.667. The minimum atomic E-state index is 0.302. The Hall–Kier alpha value is -0.900. The van der Waals surface area contributed by atoms with Gasteiger partial charge in [-0.2, -0.15) is 0 Å². The molecule has 1 aliphatic rings. The van der Waals surface area contributed by atoms with Gasteiger partial charge in [-0.05, 0) is 36.4 Å². The topological polar surface area (TPSA) is 35.5 Å². The molecule has 3 heteroatoms. The lowest BCUT2D eigenvalue weighted by atomic mass is 10.0. The van der Waals surface area contributed by atoms with E-state index in [2.05, 4.69) is 48.3 Å². The molecule has 1 unspecified atom stereocenters. The van der Waals surface area contributed by atoms with Crippen molar-refractivity contribution in [3.8, 4) is 0 Å². The van der Waals surface area contributed by atoms with E-state index >= 15 is 0 Å². The number of likely N-dealkylation sites (tertiary alicyclic amines) is 1. The minimum Gasteiger partial charge on any atom is -0.395 e. The third kappa shape index (κ3) is 5.10. The van der Waals surface area contributed by atoms with Gasteiger partial charge in [-0.1, -0.05) is 44.5 Å². The second kappa shape index (κ2) is 8.52. The van der Waals surface area contributed by atoms with Gasteiger partial charge in [0.25, 0.3) is 0 Å². The Morgan fingerprint density at radius 3 is 2.67 bits per heavy atom. The molecule has 3 nitrogen and oxygen atoms in total. The zero-order valence-electron chi connectivity index (χ0n) is 13.5. The van der Waals surface area contributed by atoms with E-state index in [9.17, 15) is 5.11 Å². The summed E-state index contributed by atoms with van der Waals surface area (Å²) >= 11 is 0. The van der Waals surface area contributed by atoms with E-state index in [1.807, 2.05) is 0 Å². The lowest BCUT2D eigenvalue weighted by Gasteiger charge is -2.34. The maximum absolute atomic E-state index is 9.40. The molecule has 1 aromatic rings. The highest BCUT2D eigenvalue weighted by molar-refractivity contribution is 5.24. The van der Waals surface area contributed by atoms with Crippen molar-refractivity contribution in [2.75, 3.05) is 26.2 Å². The summed E-state index contributed by atoms with van der Waals surface area (Å²) in [5.74, 6) is 0.599. The first-order valence-electron chi connectivity index (χ1n) is 8.35. The molecule has 1 heterocycles. The van der Waals surface area contributed by atoms with Crippen molar-refractivity contribution < 1.29 is 5.11 Å². The molecule has 21 heavy (non-hydrogen) atoms. The number of hydrogen-bond acceptors (Lipinski definition) is 3. The van der Waals surface area contributed by atoms with E-state index in [4.69, 9.17) is 0 Å². The van der Waals surface area contributed by atoms with Crippen molar-refractivity contribution >= 4 is 0 Å². The van der Waals surface area contributed by atoms with Gasteiger partial charge < -0.3 is 10.4 Å². The average molecular weight is 290 g/mol. The Bertz CT molecular complexity index is 402. The highest BCUT2D eigenvalue weighted by Crippen LogP contribution is 2.16. The van der Waals surface area contributed by atoms with Crippen molar-refractivity contribution in [1.29, 1.82) is 0 Å². The molecule has 1 aromatic carbocycles. The van der Waals surface area contributed by atoms with E-state index in [0.717, 1.165) is 32.6 Å². The summed E-state index contributed by atoms with van der Waals surface area (Å²) in [7, 11) is 0. The SMILES string of the molecule is CC(C)c1ccc(CNCCN2CCCCC2CO)cc1. The summed E-state index contributed by atoms with van der Waals surface area (Å²) < 4.78 is 0. The van der Waals surface area contributed by atoms with Crippen molar-refractivity contribution in [1.82, 2.24) is 10.2 Å². The Labute approximate surface area is 129 Å². The molecule has 0 spiro atoms. The van der Waals surface area contributed by atoms with Gasteiger partial charge in [0.05, 0.1) is 6.61 Å². The van der Waals surface area contributed by atoms with Gasteiger partial charge in [-0.3, -0.25) is 4.90 Å². The second-order valence-electron chi connectivity index (χ2n) is 6.44. The predicted molar refractivity (Wildman–Crippen MR) is 88.5 cm³/mol. The molecule has 0 amide bonds. The number of rotatable bonds is 7. The zero-order chi connectivity index (χ0) is 15.1. The molecule has 2 N–H and O–H groups in total. The Morgan fingerprint density at radius 2 is 2.00 bits per heavy atom. The molecule has 0 aliphatic carbocycles.